The quantitative estimate of drug-likeness (QED) is 0.821. The van der Waals surface area contributed by atoms with Crippen molar-refractivity contribution in [2.75, 3.05) is 5.32 Å². The number of hydrogen-bond donors (Lipinski definition) is 2. The summed E-state index contributed by atoms with van der Waals surface area (Å²) in [6, 6.07) is 1.73. The van der Waals surface area contributed by atoms with E-state index < -0.39 is 5.97 Å². The average Bonchev–Trinajstić information content (AvgIpc) is 2.65. The molecule has 1 heterocycles. The lowest BCUT2D eigenvalue weighted by Gasteiger charge is -2.27. The number of carbonyl (C=O) groups is 1. The molecule has 0 atom stereocenters. The third-order valence-electron chi connectivity index (χ3n) is 3.20. The highest BCUT2D eigenvalue weighted by Gasteiger charge is 2.29. The van der Waals surface area contributed by atoms with Gasteiger partial charge in [0.2, 0.25) is 0 Å². The molecular weight excluding hydrogens is 204 g/mol. The van der Waals surface area contributed by atoms with Crippen LogP contribution in [-0.4, -0.2) is 21.6 Å². The fourth-order valence-corrected chi connectivity index (χ4v) is 2.28. The summed E-state index contributed by atoms with van der Waals surface area (Å²) in [5, 5.41) is 12.4. The van der Waals surface area contributed by atoms with Crippen LogP contribution >= 0.6 is 0 Å². The van der Waals surface area contributed by atoms with Gasteiger partial charge in [0.15, 0.2) is 0 Å². The van der Waals surface area contributed by atoms with Crippen LogP contribution in [0.5, 0.6) is 0 Å². The van der Waals surface area contributed by atoms with E-state index in [1.807, 2.05) is 0 Å². The number of carboxylic acid groups (broad SMARTS) is 1. The minimum absolute atomic E-state index is 0.0333. The van der Waals surface area contributed by atoms with Gasteiger partial charge in [-0.25, -0.2) is 4.79 Å². The summed E-state index contributed by atoms with van der Waals surface area (Å²) in [4.78, 5) is 14.9. The Bertz CT molecular complexity index is 398. The minimum atomic E-state index is -0.933. The van der Waals surface area contributed by atoms with E-state index >= 15 is 0 Å². The number of hydrogen-bond acceptors (Lipinski definition) is 3. The predicted molar refractivity (Wildman–Crippen MR) is 61.7 cm³/mol. The molecule has 0 spiro atoms. The van der Waals surface area contributed by atoms with Crippen LogP contribution in [0.4, 0.5) is 5.69 Å². The van der Waals surface area contributed by atoms with E-state index in [2.05, 4.69) is 17.2 Å². The van der Waals surface area contributed by atoms with Crippen LogP contribution in [0.1, 0.15) is 43.0 Å². The number of rotatable bonds is 3. The fourth-order valence-electron chi connectivity index (χ4n) is 2.28. The van der Waals surface area contributed by atoms with E-state index in [-0.39, 0.29) is 11.1 Å². The fraction of sp³-hybridized carbons (Fsp3) is 0.500. The van der Waals surface area contributed by atoms with Crippen LogP contribution in [0, 0.1) is 0 Å². The zero-order valence-electron chi connectivity index (χ0n) is 9.36. The van der Waals surface area contributed by atoms with Gasteiger partial charge in [-0.05, 0) is 25.8 Å². The molecule has 1 aliphatic carbocycles. The van der Waals surface area contributed by atoms with Gasteiger partial charge in [0.1, 0.15) is 5.56 Å². The molecule has 1 aromatic rings. The van der Waals surface area contributed by atoms with E-state index in [0.717, 1.165) is 12.8 Å². The molecule has 0 aromatic carbocycles. The van der Waals surface area contributed by atoms with Crippen molar-refractivity contribution in [3.05, 3.63) is 24.0 Å². The van der Waals surface area contributed by atoms with Gasteiger partial charge in [-0.15, -0.1) is 0 Å². The van der Waals surface area contributed by atoms with Crippen LogP contribution in [0.25, 0.3) is 0 Å². The molecule has 86 valence electrons. The molecule has 0 bridgehead atoms. The molecule has 0 unspecified atom stereocenters. The lowest BCUT2D eigenvalue weighted by molar-refractivity contribution is 0.0697. The van der Waals surface area contributed by atoms with Gasteiger partial charge < -0.3 is 10.4 Å². The number of pyridine rings is 1. The van der Waals surface area contributed by atoms with Gasteiger partial charge in [-0.3, -0.25) is 4.98 Å². The lowest BCUT2D eigenvalue weighted by atomic mass is 10.00. The highest BCUT2D eigenvalue weighted by molar-refractivity contribution is 5.93. The first-order chi connectivity index (χ1) is 7.61. The topological polar surface area (TPSA) is 62.2 Å². The second kappa shape index (κ2) is 4.12. The molecule has 4 heteroatoms. The zero-order valence-corrected chi connectivity index (χ0v) is 9.36. The minimum Gasteiger partial charge on any atom is -0.478 e. The van der Waals surface area contributed by atoms with Gasteiger partial charge in [0.05, 0.1) is 5.69 Å². The first-order valence-electron chi connectivity index (χ1n) is 5.56. The molecule has 0 aliphatic heterocycles. The van der Waals surface area contributed by atoms with Gasteiger partial charge in [0.25, 0.3) is 0 Å². The van der Waals surface area contributed by atoms with Crippen molar-refractivity contribution in [1.82, 2.24) is 4.98 Å². The summed E-state index contributed by atoms with van der Waals surface area (Å²) >= 11 is 0. The van der Waals surface area contributed by atoms with Crippen molar-refractivity contribution < 1.29 is 9.90 Å². The van der Waals surface area contributed by atoms with Crippen LogP contribution in [0.3, 0.4) is 0 Å². The Labute approximate surface area is 94.7 Å². The van der Waals surface area contributed by atoms with E-state index in [1.165, 1.54) is 19.0 Å². The van der Waals surface area contributed by atoms with Crippen LogP contribution in [0.2, 0.25) is 0 Å². The second-order valence-electron chi connectivity index (χ2n) is 4.62. The highest BCUT2D eigenvalue weighted by atomic mass is 16.4. The SMILES string of the molecule is CC1(Nc2ccncc2C(=O)O)CCCC1. The summed E-state index contributed by atoms with van der Waals surface area (Å²) in [7, 11) is 0. The molecule has 4 nitrogen and oxygen atoms in total. The van der Waals surface area contributed by atoms with Crippen LogP contribution in [-0.2, 0) is 0 Å². The standard InChI is InChI=1S/C12H16N2O2/c1-12(5-2-3-6-12)14-10-4-7-13-8-9(10)11(15)16/h4,7-8H,2-3,5-6H2,1H3,(H,13,14)(H,15,16). The van der Waals surface area contributed by atoms with E-state index in [0.29, 0.717) is 5.69 Å². The Balaban J connectivity index is 2.23. The first-order valence-corrected chi connectivity index (χ1v) is 5.56. The maximum atomic E-state index is 11.0. The van der Waals surface area contributed by atoms with Crippen LogP contribution in [0.15, 0.2) is 18.5 Å². The van der Waals surface area contributed by atoms with Crippen molar-refractivity contribution in [2.45, 2.75) is 38.1 Å². The van der Waals surface area contributed by atoms with Crippen molar-refractivity contribution in [3.63, 3.8) is 0 Å². The highest BCUT2D eigenvalue weighted by Crippen LogP contribution is 2.33. The van der Waals surface area contributed by atoms with Gasteiger partial charge >= 0.3 is 5.97 Å². The molecule has 0 saturated heterocycles. The normalized spacial score (nSPS) is 18.3. The monoisotopic (exact) mass is 220 g/mol. The summed E-state index contributed by atoms with van der Waals surface area (Å²) in [6.07, 6.45) is 7.60. The Morgan fingerprint density at radius 2 is 2.19 bits per heavy atom. The lowest BCUT2D eigenvalue weighted by Crippen LogP contribution is -2.31. The van der Waals surface area contributed by atoms with Crippen molar-refractivity contribution in [3.8, 4) is 0 Å². The van der Waals surface area contributed by atoms with Crippen molar-refractivity contribution in [2.24, 2.45) is 0 Å². The van der Waals surface area contributed by atoms with Gasteiger partial charge in [-0.2, -0.15) is 0 Å². The number of anilines is 1. The number of nitrogens with zero attached hydrogens (tertiary/aromatic N) is 1. The van der Waals surface area contributed by atoms with Crippen LogP contribution < -0.4 is 5.32 Å². The molecule has 2 N–H and O–H groups in total. The Morgan fingerprint density at radius 1 is 1.50 bits per heavy atom. The molecule has 1 fully saturated rings. The van der Waals surface area contributed by atoms with Gasteiger partial charge in [-0.1, -0.05) is 12.8 Å². The molecule has 16 heavy (non-hydrogen) atoms. The summed E-state index contributed by atoms with van der Waals surface area (Å²) in [5.41, 5.74) is 0.952. The Hall–Kier alpha value is -1.58. The summed E-state index contributed by atoms with van der Waals surface area (Å²) in [6.45, 7) is 2.14. The number of nitrogens with one attached hydrogen (secondary N) is 1. The maximum Gasteiger partial charge on any atom is 0.339 e. The zero-order chi connectivity index (χ0) is 11.6. The summed E-state index contributed by atoms with van der Waals surface area (Å²) in [5.74, 6) is -0.933. The molecule has 1 saturated carbocycles. The third-order valence-corrected chi connectivity index (χ3v) is 3.20. The van der Waals surface area contributed by atoms with Crippen molar-refractivity contribution in [1.29, 1.82) is 0 Å². The largest absolute Gasteiger partial charge is 0.478 e. The molecule has 1 aromatic heterocycles. The first kappa shape index (κ1) is 10.9. The predicted octanol–water partition coefficient (Wildman–Crippen LogP) is 2.52. The van der Waals surface area contributed by atoms with E-state index in [4.69, 9.17) is 5.11 Å². The number of aromatic nitrogens is 1. The molecule has 0 radical (unpaired) electrons. The Kier molecular flexibility index (Phi) is 2.81. The number of carboxylic acids is 1. The summed E-state index contributed by atoms with van der Waals surface area (Å²) < 4.78 is 0. The second-order valence-corrected chi connectivity index (χ2v) is 4.62. The average molecular weight is 220 g/mol. The smallest absolute Gasteiger partial charge is 0.339 e. The molecule has 0 amide bonds. The maximum absolute atomic E-state index is 11.0. The van der Waals surface area contributed by atoms with Crippen molar-refractivity contribution >= 4 is 11.7 Å². The van der Waals surface area contributed by atoms with E-state index in [9.17, 15) is 4.79 Å². The molecular formula is C12H16N2O2. The van der Waals surface area contributed by atoms with Gasteiger partial charge in [0, 0.05) is 17.9 Å². The Morgan fingerprint density at radius 3 is 2.81 bits per heavy atom. The molecule has 2 rings (SSSR count). The molecule has 1 aliphatic rings. The third kappa shape index (κ3) is 2.15. The van der Waals surface area contributed by atoms with E-state index in [1.54, 1.807) is 12.3 Å². The number of aromatic carboxylic acids is 1.